The molecule has 0 aliphatic carbocycles. The first-order chi connectivity index (χ1) is 5.11. The monoisotopic (exact) mass is 221 g/mol. The molecule has 66 valence electrons. The summed E-state index contributed by atoms with van der Waals surface area (Å²) in [5.74, 6) is 0.0821. The minimum absolute atomic E-state index is 0.0805. The maximum Gasteiger partial charge on any atom is 0.233 e. The second kappa shape index (κ2) is 5.58. The fourth-order valence-corrected chi connectivity index (χ4v) is 0.941. The average Bonchev–Trinajstić information content (AvgIpc) is 1.99. The first-order valence-electron chi connectivity index (χ1n) is 4.06. The van der Waals surface area contributed by atoms with Crippen LogP contribution >= 0.6 is 15.9 Å². The molecule has 1 N–H and O–H groups in total. The third-order valence-electron chi connectivity index (χ3n) is 1.69. The van der Waals surface area contributed by atoms with E-state index in [-0.39, 0.29) is 10.7 Å². The van der Waals surface area contributed by atoms with E-state index in [1.165, 1.54) is 0 Å². The highest BCUT2D eigenvalue weighted by Crippen LogP contribution is 2.01. The highest BCUT2D eigenvalue weighted by atomic mass is 79.9. The lowest BCUT2D eigenvalue weighted by Crippen LogP contribution is -2.37. The van der Waals surface area contributed by atoms with Crippen LogP contribution in [0.4, 0.5) is 0 Å². The van der Waals surface area contributed by atoms with Crippen LogP contribution in [0.25, 0.3) is 0 Å². The van der Waals surface area contributed by atoms with Gasteiger partial charge >= 0.3 is 0 Å². The summed E-state index contributed by atoms with van der Waals surface area (Å²) < 4.78 is 0. The van der Waals surface area contributed by atoms with Gasteiger partial charge in [-0.3, -0.25) is 4.79 Å². The van der Waals surface area contributed by atoms with Gasteiger partial charge in [-0.05, 0) is 19.8 Å². The van der Waals surface area contributed by atoms with Gasteiger partial charge in [0.15, 0.2) is 0 Å². The molecule has 11 heavy (non-hydrogen) atoms. The predicted molar refractivity (Wildman–Crippen MR) is 50.9 cm³/mol. The van der Waals surface area contributed by atoms with Gasteiger partial charge in [-0.2, -0.15) is 0 Å². The molecule has 0 saturated carbocycles. The van der Waals surface area contributed by atoms with Crippen molar-refractivity contribution in [3.8, 4) is 0 Å². The van der Waals surface area contributed by atoms with E-state index < -0.39 is 0 Å². The number of rotatable bonds is 4. The molecule has 0 spiro atoms. The summed E-state index contributed by atoms with van der Waals surface area (Å²) >= 11 is 3.21. The molecule has 0 aliphatic rings. The van der Waals surface area contributed by atoms with Crippen molar-refractivity contribution < 1.29 is 4.79 Å². The molecule has 0 heterocycles. The topological polar surface area (TPSA) is 29.1 Å². The van der Waals surface area contributed by atoms with Crippen LogP contribution in [0.2, 0.25) is 0 Å². The van der Waals surface area contributed by atoms with Crippen molar-refractivity contribution in [1.82, 2.24) is 5.32 Å². The number of carbonyl (C=O) groups excluding carboxylic acids is 1. The van der Waals surface area contributed by atoms with E-state index in [1.807, 2.05) is 6.92 Å². The van der Waals surface area contributed by atoms with Gasteiger partial charge in [0, 0.05) is 6.04 Å². The van der Waals surface area contributed by atoms with Gasteiger partial charge in [-0.15, -0.1) is 0 Å². The summed E-state index contributed by atoms with van der Waals surface area (Å²) in [5.41, 5.74) is 0. The van der Waals surface area contributed by atoms with E-state index in [4.69, 9.17) is 0 Å². The Hall–Kier alpha value is -0.0500. The Morgan fingerprint density at radius 2 is 1.91 bits per heavy atom. The normalized spacial score (nSPS) is 13.2. The van der Waals surface area contributed by atoms with E-state index in [1.54, 1.807) is 0 Å². The van der Waals surface area contributed by atoms with E-state index >= 15 is 0 Å². The van der Waals surface area contributed by atoms with Crippen molar-refractivity contribution in [1.29, 1.82) is 0 Å². The van der Waals surface area contributed by atoms with E-state index in [2.05, 4.69) is 35.1 Å². The maximum absolute atomic E-state index is 11.1. The van der Waals surface area contributed by atoms with Gasteiger partial charge in [-0.25, -0.2) is 0 Å². The molecule has 1 atom stereocenters. The summed E-state index contributed by atoms with van der Waals surface area (Å²) in [5, 5.41) is 2.93. The van der Waals surface area contributed by atoms with Crippen LogP contribution in [0.3, 0.4) is 0 Å². The molecule has 2 nitrogen and oxygen atoms in total. The lowest BCUT2D eigenvalue weighted by Gasteiger charge is -2.15. The van der Waals surface area contributed by atoms with Gasteiger partial charge in [0.2, 0.25) is 5.91 Å². The van der Waals surface area contributed by atoms with Crippen molar-refractivity contribution in [3.05, 3.63) is 0 Å². The average molecular weight is 222 g/mol. The predicted octanol–water partition coefficient (Wildman–Crippen LogP) is 2.07. The highest BCUT2D eigenvalue weighted by molar-refractivity contribution is 9.10. The van der Waals surface area contributed by atoms with Crippen molar-refractivity contribution >= 4 is 21.8 Å². The van der Waals surface area contributed by atoms with Crippen LogP contribution in [0.15, 0.2) is 0 Å². The number of amides is 1. The SMILES string of the molecule is CCC(CC)NC(=O)C(C)Br. The molecule has 0 aromatic rings. The van der Waals surface area contributed by atoms with Crippen LogP contribution < -0.4 is 5.32 Å². The Morgan fingerprint density at radius 1 is 1.45 bits per heavy atom. The minimum Gasteiger partial charge on any atom is -0.352 e. The van der Waals surface area contributed by atoms with Crippen molar-refractivity contribution in [3.63, 3.8) is 0 Å². The highest BCUT2D eigenvalue weighted by Gasteiger charge is 2.11. The molecule has 0 fully saturated rings. The third kappa shape index (κ3) is 4.40. The second-order valence-corrected chi connectivity index (χ2v) is 4.01. The molecule has 0 rings (SSSR count). The Labute approximate surface area is 76.9 Å². The Balaban J connectivity index is 3.72. The Kier molecular flexibility index (Phi) is 5.56. The summed E-state index contributed by atoms with van der Waals surface area (Å²) in [6.07, 6.45) is 2.00. The summed E-state index contributed by atoms with van der Waals surface area (Å²) in [4.78, 5) is 11.0. The van der Waals surface area contributed by atoms with Crippen LogP contribution in [-0.2, 0) is 4.79 Å². The third-order valence-corrected chi connectivity index (χ3v) is 2.11. The molecule has 0 aliphatic heterocycles. The van der Waals surface area contributed by atoms with E-state index in [0.29, 0.717) is 6.04 Å². The number of halogens is 1. The molecule has 0 bridgehead atoms. The lowest BCUT2D eigenvalue weighted by atomic mass is 10.2. The maximum atomic E-state index is 11.1. The molecular formula is C8H16BrNO. The first-order valence-corrected chi connectivity index (χ1v) is 4.97. The lowest BCUT2D eigenvalue weighted by molar-refractivity contribution is -0.120. The second-order valence-electron chi connectivity index (χ2n) is 2.64. The molecule has 0 aromatic heterocycles. The van der Waals surface area contributed by atoms with Gasteiger partial charge in [0.05, 0.1) is 4.83 Å². The molecular weight excluding hydrogens is 206 g/mol. The zero-order valence-corrected chi connectivity index (χ0v) is 8.94. The largest absolute Gasteiger partial charge is 0.352 e. The quantitative estimate of drug-likeness (QED) is 0.725. The standard InChI is InChI=1S/C8H16BrNO/c1-4-7(5-2)10-8(11)6(3)9/h6-7H,4-5H2,1-3H3,(H,10,11). The van der Waals surface area contributed by atoms with Gasteiger partial charge in [0.1, 0.15) is 0 Å². The van der Waals surface area contributed by atoms with Gasteiger partial charge in [0.25, 0.3) is 0 Å². The molecule has 1 amide bonds. The van der Waals surface area contributed by atoms with Crippen LogP contribution in [0.1, 0.15) is 33.6 Å². The van der Waals surface area contributed by atoms with Crippen molar-refractivity contribution in [2.45, 2.75) is 44.5 Å². The summed E-state index contributed by atoms with van der Waals surface area (Å²) in [6, 6.07) is 0.336. The van der Waals surface area contributed by atoms with Crippen LogP contribution in [0.5, 0.6) is 0 Å². The van der Waals surface area contributed by atoms with E-state index in [9.17, 15) is 4.79 Å². The van der Waals surface area contributed by atoms with Gasteiger partial charge in [-0.1, -0.05) is 29.8 Å². The zero-order valence-electron chi connectivity index (χ0n) is 7.36. The Bertz CT molecular complexity index is 121. The minimum atomic E-state index is -0.0805. The first kappa shape index (κ1) is 11.0. The fourth-order valence-electron chi connectivity index (χ4n) is 0.809. The van der Waals surface area contributed by atoms with Crippen molar-refractivity contribution in [2.24, 2.45) is 0 Å². The Morgan fingerprint density at radius 3 is 2.18 bits per heavy atom. The smallest absolute Gasteiger partial charge is 0.233 e. The molecule has 0 saturated heterocycles. The number of hydrogen-bond donors (Lipinski definition) is 1. The van der Waals surface area contributed by atoms with E-state index in [0.717, 1.165) is 12.8 Å². The number of hydrogen-bond acceptors (Lipinski definition) is 1. The number of carbonyl (C=O) groups is 1. The molecule has 0 aromatic carbocycles. The van der Waals surface area contributed by atoms with Crippen LogP contribution in [0, 0.1) is 0 Å². The number of alkyl halides is 1. The van der Waals surface area contributed by atoms with Gasteiger partial charge < -0.3 is 5.32 Å². The zero-order chi connectivity index (χ0) is 8.85. The fraction of sp³-hybridized carbons (Fsp3) is 0.875. The molecule has 0 radical (unpaired) electrons. The van der Waals surface area contributed by atoms with Crippen LogP contribution in [-0.4, -0.2) is 16.8 Å². The molecule has 1 unspecified atom stereocenters. The van der Waals surface area contributed by atoms with Crippen molar-refractivity contribution in [2.75, 3.05) is 0 Å². The number of nitrogens with one attached hydrogen (secondary N) is 1. The summed E-state index contributed by atoms with van der Waals surface area (Å²) in [6.45, 7) is 5.98. The molecule has 3 heteroatoms. The summed E-state index contributed by atoms with van der Waals surface area (Å²) in [7, 11) is 0.